The van der Waals surface area contributed by atoms with Crippen LogP contribution >= 0.6 is 0 Å². The molecule has 4 rings (SSSR count). The quantitative estimate of drug-likeness (QED) is 0.706. The molecule has 27 heavy (non-hydrogen) atoms. The van der Waals surface area contributed by atoms with Crippen LogP contribution in [-0.4, -0.2) is 26.0 Å². The SMILES string of the molecule is CC12C[C@H](O)C(C)(O1)c1c2c(O)n(-c2ccc(C#N)c(C(F)(F)F)c2)c1O. The molecule has 6 nitrogen and oxygen atoms in total. The van der Waals surface area contributed by atoms with Gasteiger partial charge in [0.05, 0.1) is 45.7 Å². The van der Waals surface area contributed by atoms with Crippen LogP contribution in [0, 0.1) is 11.3 Å². The van der Waals surface area contributed by atoms with Gasteiger partial charge in [-0.25, -0.2) is 0 Å². The number of nitrogens with zero attached hydrogens (tertiary/aromatic N) is 2. The van der Waals surface area contributed by atoms with Crippen molar-refractivity contribution in [1.29, 1.82) is 5.26 Å². The van der Waals surface area contributed by atoms with E-state index in [2.05, 4.69) is 0 Å². The molecule has 1 aromatic heterocycles. The van der Waals surface area contributed by atoms with Gasteiger partial charge in [0.15, 0.2) is 0 Å². The third-order valence-electron chi connectivity index (χ3n) is 5.49. The number of halogens is 3. The van der Waals surface area contributed by atoms with Gasteiger partial charge in [0.1, 0.15) is 5.60 Å². The number of ether oxygens (including phenoxy) is 1. The summed E-state index contributed by atoms with van der Waals surface area (Å²) in [6.45, 7) is 3.19. The molecule has 2 aromatic rings. The van der Waals surface area contributed by atoms with E-state index in [4.69, 9.17) is 10.00 Å². The highest BCUT2D eigenvalue weighted by Crippen LogP contribution is 2.64. The molecule has 3 atom stereocenters. The zero-order valence-corrected chi connectivity index (χ0v) is 14.3. The molecule has 1 fully saturated rings. The van der Waals surface area contributed by atoms with E-state index in [-0.39, 0.29) is 23.2 Å². The van der Waals surface area contributed by atoms with Crippen molar-refractivity contribution in [1.82, 2.24) is 4.57 Å². The topological polar surface area (TPSA) is 98.6 Å². The molecule has 2 aliphatic rings. The molecule has 0 spiro atoms. The monoisotopic (exact) mass is 380 g/mol. The lowest BCUT2D eigenvalue weighted by atomic mass is 9.78. The fourth-order valence-corrected chi connectivity index (χ4v) is 4.28. The van der Waals surface area contributed by atoms with Crippen molar-refractivity contribution >= 4 is 0 Å². The van der Waals surface area contributed by atoms with Gasteiger partial charge in [0.25, 0.3) is 0 Å². The second kappa shape index (κ2) is 4.97. The van der Waals surface area contributed by atoms with Crippen molar-refractivity contribution in [2.24, 2.45) is 0 Å². The second-order valence-electron chi connectivity index (χ2n) is 7.23. The van der Waals surface area contributed by atoms with Crippen molar-refractivity contribution < 1.29 is 33.2 Å². The van der Waals surface area contributed by atoms with Gasteiger partial charge in [-0.05, 0) is 32.0 Å². The molecular formula is C18H15F3N2O4. The van der Waals surface area contributed by atoms with E-state index in [1.54, 1.807) is 13.8 Å². The van der Waals surface area contributed by atoms with Crippen molar-refractivity contribution in [3.63, 3.8) is 0 Å². The Balaban J connectivity index is 1.98. The van der Waals surface area contributed by atoms with E-state index >= 15 is 0 Å². The summed E-state index contributed by atoms with van der Waals surface area (Å²) in [5.41, 5.74) is -3.86. The highest BCUT2D eigenvalue weighted by atomic mass is 19.4. The van der Waals surface area contributed by atoms with E-state index in [1.165, 1.54) is 12.1 Å². The molecule has 0 aliphatic carbocycles. The van der Waals surface area contributed by atoms with E-state index < -0.39 is 46.4 Å². The summed E-state index contributed by atoms with van der Waals surface area (Å²) in [6, 6.07) is 4.35. The number of nitriles is 1. The molecule has 1 aromatic carbocycles. The lowest BCUT2D eigenvalue weighted by Gasteiger charge is -2.25. The van der Waals surface area contributed by atoms with Crippen LogP contribution < -0.4 is 0 Å². The van der Waals surface area contributed by atoms with Gasteiger partial charge in [-0.3, -0.25) is 4.57 Å². The Morgan fingerprint density at radius 1 is 1.22 bits per heavy atom. The Kier molecular flexibility index (Phi) is 3.26. The van der Waals surface area contributed by atoms with Gasteiger partial charge >= 0.3 is 6.18 Å². The van der Waals surface area contributed by atoms with Crippen LogP contribution in [0.2, 0.25) is 0 Å². The van der Waals surface area contributed by atoms with Gasteiger partial charge in [-0.1, -0.05) is 0 Å². The number of rotatable bonds is 1. The zero-order chi connectivity index (χ0) is 19.9. The molecule has 0 saturated carbocycles. The molecule has 9 heteroatoms. The minimum Gasteiger partial charge on any atom is -0.494 e. The molecule has 2 bridgehead atoms. The molecule has 1 saturated heterocycles. The first-order valence-electron chi connectivity index (χ1n) is 8.11. The number of alkyl halides is 3. The first-order valence-corrected chi connectivity index (χ1v) is 8.11. The smallest absolute Gasteiger partial charge is 0.417 e. The molecular weight excluding hydrogens is 365 g/mol. The molecule has 2 unspecified atom stereocenters. The first kappa shape index (κ1) is 17.7. The number of aliphatic hydroxyl groups excluding tert-OH is 1. The van der Waals surface area contributed by atoms with E-state index in [1.807, 2.05) is 0 Å². The van der Waals surface area contributed by atoms with Gasteiger partial charge in [0.2, 0.25) is 11.8 Å². The number of benzene rings is 1. The molecule has 3 N–H and O–H groups in total. The highest BCUT2D eigenvalue weighted by Gasteiger charge is 2.64. The van der Waals surface area contributed by atoms with E-state index in [0.29, 0.717) is 6.07 Å². The van der Waals surface area contributed by atoms with Crippen LogP contribution in [0.5, 0.6) is 11.8 Å². The van der Waals surface area contributed by atoms with Crippen molar-refractivity contribution in [2.75, 3.05) is 0 Å². The van der Waals surface area contributed by atoms with E-state index in [0.717, 1.165) is 10.6 Å². The second-order valence-corrected chi connectivity index (χ2v) is 7.23. The number of hydrogen-bond acceptors (Lipinski definition) is 5. The van der Waals surface area contributed by atoms with Crippen molar-refractivity contribution in [2.45, 2.75) is 43.8 Å². The third kappa shape index (κ3) is 2.08. The van der Waals surface area contributed by atoms with Crippen LogP contribution in [0.25, 0.3) is 5.69 Å². The van der Waals surface area contributed by atoms with Crippen LogP contribution in [0.3, 0.4) is 0 Å². The maximum absolute atomic E-state index is 13.3. The average molecular weight is 380 g/mol. The molecule has 3 heterocycles. The largest absolute Gasteiger partial charge is 0.494 e. The number of fused-ring (bicyclic) bond motifs is 5. The summed E-state index contributed by atoms with van der Waals surface area (Å²) in [4.78, 5) is 0. The number of hydrogen-bond donors (Lipinski definition) is 3. The first-order chi connectivity index (χ1) is 12.4. The van der Waals surface area contributed by atoms with Gasteiger partial charge < -0.3 is 20.1 Å². The minimum atomic E-state index is -4.78. The third-order valence-corrected chi connectivity index (χ3v) is 5.49. The minimum absolute atomic E-state index is 0.152. The van der Waals surface area contributed by atoms with Crippen LogP contribution in [0.4, 0.5) is 13.2 Å². The lowest BCUT2D eigenvalue weighted by Crippen LogP contribution is -2.32. The van der Waals surface area contributed by atoms with Crippen molar-refractivity contribution in [3.05, 3.63) is 40.5 Å². The predicted octanol–water partition coefficient (Wildman–Crippen LogP) is 3.00. The Morgan fingerprint density at radius 3 is 2.44 bits per heavy atom. The maximum Gasteiger partial charge on any atom is 0.417 e. The molecule has 0 amide bonds. The molecule has 142 valence electrons. The van der Waals surface area contributed by atoms with Gasteiger partial charge in [0, 0.05) is 6.42 Å². The van der Waals surface area contributed by atoms with E-state index in [9.17, 15) is 28.5 Å². The zero-order valence-electron chi connectivity index (χ0n) is 14.3. The normalized spacial score (nSPS) is 29.0. The maximum atomic E-state index is 13.3. The van der Waals surface area contributed by atoms with Gasteiger partial charge in [-0.2, -0.15) is 18.4 Å². The van der Waals surface area contributed by atoms with Crippen LogP contribution in [0.15, 0.2) is 18.2 Å². The molecule has 2 aliphatic heterocycles. The van der Waals surface area contributed by atoms with Crippen LogP contribution in [0.1, 0.15) is 42.5 Å². The number of aliphatic hydroxyl groups is 1. The van der Waals surface area contributed by atoms with Gasteiger partial charge in [-0.15, -0.1) is 0 Å². The highest BCUT2D eigenvalue weighted by molar-refractivity contribution is 5.62. The Bertz CT molecular complexity index is 1020. The molecule has 0 radical (unpaired) electrons. The summed E-state index contributed by atoms with van der Waals surface area (Å²) in [5.74, 6) is -0.969. The number of aromatic nitrogens is 1. The van der Waals surface area contributed by atoms with Crippen LogP contribution in [-0.2, 0) is 22.1 Å². The average Bonchev–Trinajstić information content (AvgIpc) is 3.07. The lowest BCUT2D eigenvalue weighted by molar-refractivity contribution is -0.137. The Hall–Kier alpha value is -2.70. The fraction of sp³-hybridized carbons (Fsp3) is 0.389. The van der Waals surface area contributed by atoms with Crippen molar-refractivity contribution in [3.8, 4) is 23.5 Å². The predicted molar refractivity (Wildman–Crippen MR) is 85.2 cm³/mol. The fourth-order valence-electron chi connectivity index (χ4n) is 4.28. The Labute approximate surface area is 151 Å². The summed E-state index contributed by atoms with van der Waals surface area (Å²) < 4.78 is 46.5. The summed E-state index contributed by atoms with van der Waals surface area (Å²) in [7, 11) is 0. The Morgan fingerprint density at radius 2 is 1.85 bits per heavy atom. The standard InChI is InChI=1S/C18H15F3N2O4/c1-16-6-11(24)17(2,27-16)13-12(16)14(25)23(15(13)26)9-4-3-8(7-22)10(5-9)18(19,20)21/h3-5,11,24-26H,6H2,1-2H3/t11-,16?,17?/m0/s1. The summed E-state index contributed by atoms with van der Waals surface area (Å²) in [5, 5.41) is 40.6. The summed E-state index contributed by atoms with van der Waals surface area (Å²) in [6.07, 6.45) is -5.55. The number of aromatic hydroxyl groups is 2. The summed E-state index contributed by atoms with van der Waals surface area (Å²) >= 11 is 0.